The third kappa shape index (κ3) is 1.98. The van der Waals surface area contributed by atoms with E-state index < -0.39 is 0 Å². The first-order chi connectivity index (χ1) is 8.24. The fraction of sp³-hybridized carbons (Fsp3) is 0.538. The largest absolute Gasteiger partial charge is 0.299 e. The molecule has 0 aromatic carbocycles. The van der Waals surface area contributed by atoms with E-state index in [9.17, 15) is 4.79 Å². The van der Waals surface area contributed by atoms with Crippen molar-refractivity contribution in [2.75, 3.05) is 32.7 Å². The molecule has 4 nitrogen and oxygen atoms in total. The Kier molecular flexibility index (Phi) is 2.68. The highest BCUT2D eigenvalue weighted by Gasteiger charge is 2.36. The molecule has 17 heavy (non-hydrogen) atoms. The molecule has 2 bridgehead atoms. The first kappa shape index (κ1) is 10.9. The minimum absolute atomic E-state index is 0.0427. The Morgan fingerprint density at radius 3 is 2.65 bits per heavy atom. The molecule has 4 rings (SSSR count). The fourth-order valence-electron chi connectivity index (χ4n) is 2.75. The van der Waals surface area contributed by atoms with Gasteiger partial charge in [0, 0.05) is 50.7 Å². The molecule has 0 radical (unpaired) electrons. The van der Waals surface area contributed by atoms with Crippen molar-refractivity contribution in [3.05, 3.63) is 29.6 Å². The molecular weight excluding hydrogens is 214 g/mol. The summed E-state index contributed by atoms with van der Waals surface area (Å²) >= 11 is 0. The number of rotatable bonds is 2. The van der Waals surface area contributed by atoms with E-state index in [1.807, 2.05) is 13.0 Å². The summed E-state index contributed by atoms with van der Waals surface area (Å²) in [5.41, 5.74) is 1.80. The van der Waals surface area contributed by atoms with Gasteiger partial charge in [-0.25, -0.2) is 0 Å². The number of carbonyl (C=O) groups is 1. The Bertz CT molecular complexity index is 438. The normalized spacial score (nSPS) is 31.5. The summed E-state index contributed by atoms with van der Waals surface area (Å²) in [5, 5.41) is 0. The van der Waals surface area contributed by atoms with Gasteiger partial charge >= 0.3 is 0 Å². The number of Topliss-reactive ketones (excluding diaryl/α,β-unsaturated/α-hetero) is 1. The zero-order valence-corrected chi connectivity index (χ0v) is 10.1. The van der Waals surface area contributed by atoms with Crippen molar-refractivity contribution < 1.29 is 4.79 Å². The van der Waals surface area contributed by atoms with Gasteiger partial charge in [-0.15, -0.1) is 0 Å². The lowest BCUT2D eigenvalue weighted by Gasteiger charge is -2.46. The number of piperazine rings is 3. The summed E-state index contributed by atoms with van der Waals surface area (Å²) in [7, 11) is 0. The zero-order chi connectivity index (χ0) is 11.8. The molecule has 3 fully saturated rings. The van der Waals surface area contributed by atoms with Crippen LogP contribution < -0.4 is 0 Å². The van der Waals surface area contributed by atoms with Crippen LogP contribution in [0.4, 0.5) is 0 Å². The van der Waals surface area contributed by atoms with Gasteiger partial charge in [0.25, 0.3) is 0 Å². The van der Waals surface area contributed by atoms with Crippen LogP contribution in [0.15, 0.2) is 18.5 Å². The number of carbonyl (C=O) groups excluding carboxylic acids is 1. The van der Waals surface area contributed by atoms with Crippen LogP contribution >= 0.6 is 0 Å². The maximum Gasteiger partial charge on any atom is 0.182 e. The number of pyridine rings is 1. The summed E-state index contributed by atoms with van der Waals surface area (Å²) in [6, 6.07) is 1.98. The molecular formula is C13H17N3O. The second-order valence-electron chi connectivity index (χ2n) is 4.97. The van der Waals surface area contributed by atoms with E-state index in [1.165, 1.54) is 0 Å². The second kappa shape index (κ2) is 4.20. The van der Waals surface area contributed by atoms with Crippen LogP contribution in [0.1, 0.15) is 15.9 Å². The van der Waals surface area contributed by atoms with Crippen molar-refractivity contribution in [3.63, 3.8) is 0 Å². The first-order valence-corrected chi connectivity index (χ1v) is 6.16. The summed E-state index contributed by atoms with van der Waals surface area (Å²) in [6.45, 7) is 7.12. The summed E-state index contributed by atoms with van der Waals surface area (Å²) in [6.07, 6.45) is 3.47. The second-order valence-corrected chi connectivity index (χ2v) is 4.97. The standard InChI is InChI=1S/C13H17N3O/c1-10-6-11(8-14-7-10)13(17)12-9-15-2-4-16(12)5-3-15/h6-8,12H,2-5,9H2,1H3. The number of aromatic nitrogens is 1. The minimum Gasteiger partial charge on any atom is -0.299 e. The Balaban J connectivity index is 1.83. The first-order valence-electron chi connectivity index (χ1n) is 6.16. The van der Waals surface area contributed by atoms with Crippen molar-refractivity contribution in [3.8, 4) is 0 Å². The minimum atomic E-state index is 0.0427. The molecule has 0 amide bonds. The predicted molar refractivity (Wildman–Crippen MR) is 65.1 cm³/mol. The number of fused-ring (bicyclic) bond motifs is 3. The van der Waals surface area contributed by atoms with Gasteiger partial charge in [-0.05, 0) is 18.6 Å². The molecule has 0 N–H and O–H groups in total. The van der Waals surface area contributed by atoms with Crippen LogP contribution in [0.5, 0.6) is 0 Å². The molecule has 3 aliphatic rings. The Labute approximate surface area is 101 Å². The predicted octanol–water partition coefficient (Wildman–Crippen LogP) is 0.573. The molecule has 1 unspecified atom stereocenters. The maximum atomic E-state index is 12.4. The molecule has 3 aliphatic heterocycles. The van der Waals surface area contributed by atoms with E-state index in [1.54, 1.807) is 12.4 Å². The molecule has 1 aromatic heterocycles. The smallest absolute Gasteiger partial charge is 0.182 e. The van der Waals surface area contributed by atoms with Crippen molar-refractivity contribution in [2.45, 2.75) is 13.0 Å². The number of aryl methyl sites for hydroxylation is 1. The van der Waals surface area contributed by atoms with E-state index in [0.29, 0.717) is 0 Å². The van der Waals surface area contributed by atoms with Crippen molar-refractivity contribution in [2.24, 2.45) is 0 Å². The van der Waals surface area contributed by atoms with Gasteiger partial charge in [0.05, 0.1) is 6.04 Å². The highest BCUT2D eigenvalue weighted by atomic mass is 16.1. The zero-order valence-electron chi connectivity index (χ0n) is 10.1. The van der Waals surface area contributed by atoms with Crippen molar-refractivity contribution in [1.82, 2.24) is 14.8 Å². The third-order valence-corrected chi connectivity index (χ3v) is 3.74. The number of hydrogen-bond acceptors (Lipinski definition) is 4. The van der Waals surface area contributed by atoms with E-state index in [0.717, 1.165) is 43.9 Å². The molecule has 90 valence electrons. The molecule has 1 atom stereocenters. The summed E-state index contributed by atoms with van der Waals surface area (Å²) < 4.78 is 0. The third-order valence-electron chi connectivity index (χ3n) is 3.74. The molecule has 4 heteroatoms. The lowest BCUT2D eigenvalue weighted by Crippen LogP contribution is -2.63. The van der Waals surface area contributed by atoms with Crippen LogP contribution in [0.3, 0.4) is 0 Å². The quantitative estimate of drug-likeness (QED) is 0.697. The van der Waals surface area contributed by atoms with Gasteiger partial charge in [0.2, 0.25) is 0 Å². The Morgan fingerprint density at radius 2 is 2.06 bits per heavy atom. The Morgan fingerprint density at radius 1 is 1.29 bits per heavy atom. The molecule has 3 saturated heterocycles. The highest BCUT2D eigenvalue weighted by molar-refractivity contribution is 6.00. The van der Waals surface area contributed by atoms with E-state index >= 15 is 0 Å². The molecule has 0 aliphatic carbocycles. The van der Waals surface area contributed by atoms with Gasteiger partial charge in [-0.3, -0.25) is 19.6 Å². The molecule has 4 heterocycles. The summed E-state index contributed by atoms with van der Waals surface area (Å²) in [5.74, 6) is 0.227. The van der Waals surface area contributed by atoms with Crippen LogP contribution in [0.2, 0.25) is 0 Å². The van der Waals surface area contributed by atoms with Gasteiger partial charge in [-0.1, -0.05) is 0 Å². The molecule has 1 aromatic rings. The van der Waals surface area contributed by atoms with Crippen molar-refractivity contribution in [1.29, 1.82) is 0 Å². The molecule has 0 spiro atoms. The SMILES string of the molecule is Cc1cncc(C(=O)C2CN3CCN2CC3)c1. The van der Waals surface area contributed by atoms with Gasteiger partial charge in [0.1, 0.15) is 0 Å². The van der Waals surface area contributed by atoms with E-state index in [4.69, 9.17) is 0 Å². The average molecular weight is 231 g/mol. The van der Waals surface area contributed by atoms with Gasteiger partial charge in [-0.2, -0.15) is 0 Å². The molecule has 0 saturated carbocycles. The average Bonchev–Trinajstić information content (AvgIpc) is 2.39. The van der Waals surface area contributed by atoms with E-state index in [-0.39, 0.29) is 11.8 Å². The van der Waals surface area contributed by atoms with Crippen molar-refractivity contribution >= 4 is 5.78 Å². The van der Waals surface area contributed by atoms with Gasteiger partial charge < -0.3 is 0 Å². The highest BCUT2D eigenvalue weighted by Crippen LogP contribution is 2.19. The van der Waals surface area contributed by atoms with Crippen LogP contribution in [-0.2, 0) is 0 Å². The topological polar surface area (TPSA) is 36.4 Å². The van der Waals surface area contributed by atoms with Crippen LogP contribution in [0.25, 0.3) is 0 Å². The van der Waals surface area contributed by atoms with Gasteiger partial charge in [0.15, 0.2) is 5.78 Å². The number of nitrogens with zero attached hydrogens (tertiary/aromatic N) is 3. The maximum absolute atomic E-state index is 12.4. The number of ketones is 1. The fourth-order valence-corrected chi connectivity index (χ4v) is 2.75. The van der Waals surface area contributed by atoms with Crippen LogP contribution in [0, 0.1) is 6.92 Å². The van der Waals surface area contributed by atoms with Crippen LogP contribution in [-0.4, -0.2) is 59.3 Å². The Hall–Kier alpha value is -1.26. The number of hydrogen-bond donors (Lipinski definition) is 0. The monoisotopic (exact) mass is 231 g/mol. The summed E-state index contributed by atoms with van der Waals surface area (Å²) in [4.78, 5) is 21.2. The van der Waals surface area contributed by atoms with E-state index in [2.05, 4.69) is 14.8 Å². The lowest BCUT2D eigenvalue weighted by atomic mass is 9.98. The lowest BCUT2D eigenvalue weighted by molar-refractivity contribution is 0.0159.